The summed E-state index contributed by atoms with van der Waals surface area (Å²) in [5.41, 5.74) is 4.45. The zero-order valence-electron chi connectivity index (χ0n) is 19.6. The summed E-state index contributed by atoms with van der Waals surface area (Å²) in [4.78, 5) is 32.6. The van der Waals surface area contributed by atoms with E-state index in [9.17, 15) is 9.59 Å². The van der Waals surface area contributed by atoms with E-state index in [0.29, 0.717) is 19.6 Å². The fourth-order valence-corrected chi connectivity index (χ4v) is 7.22. The van der Waals surface area contributed by atoms with Crippen LogP contribution in [0.25, 0.3) is 10.4 Å². The van der Waals surface area contributed by atoms with Crippen molar-refractivity contribution in [2.24, 2.45) is 0 Å². The normalized spacial score (nSPS) is 22.7. The quantitative estimate of drug-likeness (QED) is 0.406. The number of hydrogen-bond acceptors (Lipinski definition) is 6. The molecule has 2 aliphatic heterocycles. The smallest absolute Gasteiger partial charge is 0.319 e. The molecule has 0 bridgehead atoms. The van der Waals surface area contributed by atoms with Crippen LogP contribution >= 0.6 is 23.1 Å². The van der Waals surface area contributed by atoms with Crippen molar-refractivity contribution < 1.29 is 19.2 Å². The van der Waals surface area contributed by atoms with E-state index in [1.165, 1.54) is 11.3 Å². The Hall–Kier alpha value is -2.07. The van der Waals surface area contributed by atoms with Gasteiger partial charge in [0.15, 0.2) is 6.29 Å². The summed E-state index contributed by atoms with van der Waals surface area (Å²) in [6, 6.07) is 11.9. The summed E-state index contributed by atoms with van der Waals surface area (Å²) in [7, 11) is 0. The first-order chi connectivity index (χ1) is 16.6. The van der Waals surface area contributed by atoms with Crippen molar-refractivity contribution >= 4 is 40.7 Å². The molecule has 0 aliphatic carbocycles. The van der Waals surface area contributed by atoms with Gasteiger partial charge >= 0.3 is 6.03 Å². The number of amides is 3. The molecule has 4 rings (SSSR count). The van der Waals surface area contributed by atoms with Gasteiger partial charge in [0, 0.05) is 41.4 Å². The first kappa shape index (κ1) is 25.0. The zero-order chi connectivity index (χ0) is 23.8. The molecule has 1 unspecified atom stereocenters. The van der Waals surface area contributed by atoms with Crippen LogP contribution in [0.15, 0.2) is 36.4 Å². The van der Waals surface area contributed by atoms with Gasteiger partial charge in [0.1, 0.15) is 0 Å². The van der Waals surface area contributed by atoms with Crippen molar-refractivity contribution in [1.29, 1.82) is 0 Å². The summed E-state index contributed by atoms with van der Waals surface area (Å²) in [6.07, 6.45) is 6.17. The standard InChI is InChI=1S/C25H33N3O4S2/c1-2-26-24(30)27-19-9-7-8-18(16-19)20-11-12-21(34-20)25(13-4-6-15-33-25)17-22(29)28-32-23-10-3-5-14-31-23/h7-9,11-12,16,23H,2-6,10,13-15,17H2,1H3,(H,28,29)(H2,26,27,30)/t23?,25-/m0/s1. The molecule has 7 nitrogen and oxygen atoms in total. The third-order valence-corrected chi connectivity index (χ3v) is 9.12. The van der Waals surface area contributed by atoms with Gasteiger partial charge in [0.25, 0.3) is 0 Å². The Morgan fingerprint density at radius 1 is 1.18 bits per heavy atom. The number of carbonyl (C=O) groups excluding carboxylic acids is 2. The van der Waals surface area contributed by atoms with Crippen LogP contribution in [0.4, 0.5) is 10.5 Å². The van der Waals surface area contributed by atoms with E-state index in [-0.39, 0.29) is 23.0 Å². The summed E-state index contributed by atoms with van der Waals surface area (Å²) in [5.74, 6) is 0.936. The van der Waals surface area contributed by atoms with Crippen LogP contribution in [0.5, 0.6) is 0 Å². The van der Waals surface area contributed by atoms with Gasteiger partial charge in [-0.3, -0.25) is 4.79 Å². The maximum absolute atomic E-state index is 12.9. The van der Waals surface area contributed by atoms with Crippen LogP contribution in [0, 0.1) is 0 Å². The summed E-state index contributed by atoms with van der Waals surface area (Å²) in [6.45, 7) is 3.14. The summed E-state index contributed by atoms with van der Waals surface area (Å²) < 4.78 is 5.31. The highest BCUT2D eigenvalue weighted by molar-refractivity contribution is 8.00. The second kappa shape index (κ2) is 12.1. The van der Waals surface area contributed by atoms with Crippen molar-refractivity contribution in [2.75, 3.05) is 24.2 Å². The molecule has 34 heavy (non-hydrogen) atoms. The van der Waals surface area contributed by atoms with Gasteiger partial charge in [-0.2, -0.15) is 0 Å². The van der Waals surface area contributed by atoms with Crippen LogP contribution in [0.1, 0.15) is 56.7 Å². The number of hydroxylamine groups is 1. The van der Waals surface area contributed by atoms with E-state index in [0.717, 1.165) is 54.0 Å². The maximum Gasteiger partial charge on any atom is 0.319 e. The predicted molar refractivity (Wildman–Crippen MR) is 138 cm³/mol. The van der Waals surface area contributed by atoms with Crippen molar-refractivity contribution in [3.05, 3.63) is 41.3 Å². The van der Waals surface area contributed by atoms with E-state index in [1.807, 2.05) is 43.0 Å². The number of benzene rings is 1. The van der Waals surface area contributed by atoms with Gasteiger partial charge in [-0.15, -0.1) is 23.1 Å². The average Bonchev–Trinajstić information content (AvgIpc) is 3.36. The first-order valence-electron chi connectivity index (χ1n) is 12.0. The zero-order valence-corrected chi connectivity index (χ0v) is 21.2. The molecule has 2 saturated heterocycles. The van der Waals surface area contributed by atoms with Crippen LogP contribution in [-0.2, 0) is 19.1 Å². The second-order valence-corrected chi connectivity index (χ2v) is 11.2. The second-order valence-electron chi connectivity index (χ2n) is 8.65. The van der Waals surface area contributed by atoms with Crippen LogP contribution in [0.3, 0.4) is 0 Å². The van der Waals surface area contributed by atoms with Crippen LogP contribution in [-0.4, -0.2) is 37.1 Å². The molecule has 3 amide bonds. The number of thiophene rings is 1. The summed E-state index contributed by atoms with van der Waals surface area (Å²) in [5, 5.41) is 5.62. The lowest BCUT2D eigenvalue weighted by atomic mass is 9.94. The predicted octanol–water partition coefficient (Wildman–Crippen LogP) is 5.63. The lowest BCUT2D eigenvalue weighted by Crippen LogP contribution is -2.37. The highest BCUT2D eigenvalue weighted by Gasteiger charge is 2.38. The molecule has 1 aromatic heterocycles. The van der Waals surface area contributed by atoms with Gasteiger partial charge in [0.2, 0.25) is 5.91 Å². The van der Waals surface area contributed by atoms with Crippen molar-refractivity contribution in [3.8, 4) is 10.4 Å². The molecule has 0 saturated carbocycles. The van der Waals surface area contributed by atoms with E-state index in [4.69, 9.17) is 9.57 Å². The van der Waals surface area contributed by atoms with Crippen molar-refractivity contribution in [3.63, 3.8) is 0 Å². The van der Waals surface area contributed by atoms with Gasteiger partial charge in [-0.25, -0.2) is 15.1 Å². The van der Waals surface area contributed by atoms with Gasteiger partial charge in [0.05, 0.1) is 4.75 Å². The highest BCUT2D eigenvalue weighted by Crippen LogP contribution is 2.51. The monoisotopic (exact) mass is 503 g/mol. The van der Waals surface area contributed by atoms with E-state index >= 15 is 0 Å². The Kier molecular flexibility index (Phi) is 8.88. The summed E-state index contributed by atoms with van der Waals surface area (Å²) >= 11 is 3.60. The highest BCUT2D eigenvalue weighted by atomic mass is 32.2. The molecule has 0 spiro atoms. The molecular formula is C25H33N3O4S2. The Bertz CT molecular complexity index is 969. The van der Waals surface area contributed by atoms with Crippen molar-refractivity contribution in [1.82, 2.24) is 10.8 Å². The third kappa shape index (κ3) is 6.53. The fraction of sp³-hybridized carbons (Fsp3) is 0.520. The largest absolute Gasteiger partial charge is 0.350 e. The Morgan fingerprint density at radius 3 is 2.85 bits per heavy atom. The molecule has 1 aromatic carbocycles. The number of rotatable bonds is 8. The van der Waals surface area contributed by atoms with Crippen LogP contribution in [0.2, 0.25) is 0 Å². The molecule has 3 N–H and O–H groups in total. The Morgan fingerprint density at radius 2 is 2.09 bits per heavy atom. The Labute approximate surface area is 209 Å². The molecule has 0 radical (unpaired) electrons. The molecule has 2 atom stereocenters. The minimum Gasteiger partial charge on any atom is -0.350 e. The number of anilines is 1. The Balaban J connectivity index is 1.46. The molecule has 9 heteroatoms. The van der Waals surface area contributed by atoms with E-state index in [1.54, 1.807) is 11.3 Å². The van der Waals surface area contributed by atoms with E-state index in [2.05, 4.69) is 28.2 Å². The number of hydrogen-bond donors (Lipinski definition) is 3. The fourth-order valence-electron chi connectivity index (χ4n) is 4.33. The minimum absolute atomic E-state index is 0.105. The topological polar surface area (TPSA) is 88.7 Å². The van der Waals surface area contributed by atoms with Gasteiger partial charge < -0.3 is 15.4 Å². The van der Waals surface area contributed by atoms with Gasteiger partial charge in [-0.05, 0) is 68.2 Å². The molecule has 3 heterocycles. The molecule has 2 fully saturated rings. The maximum atomic E-state index is 12.9. The third-order valence-electron chi connectivity index (χ3n) is 6.04. The molecule has 2 aliphatic rings. The molecule has 184 valence electrons. The lowest BCUT2D eigenvalue weighted by molar-refractivity contribution is -0.200. The average molecular weight is 504 g/mol. The number of ether oxygens (including phenoxy) is 1. The first-order valence-corrected chi connectivity index (χ1v) is 13.8. The molecular weight excluding hydrogens is 470 g/mol. The van der Waals surface area contributed by atoms with Gasteiger partial charge in [-0.1, -0.05) is 18.6 Å². The number of urea groups is 1. The van der Waals surface area contributed by atoms with Crippen molar-refractivity contribution in [2.45, 2.75) is 62.9 Å². The lowest BCUT2D eigenvalue weighted by Gasteiger charge is -2.35. The number of nitrogens with one attached hydrogen (secondary N) is 3. The van der Waals surface area contributed by atoms with Crippen LogP contribution < -0.4 is 16.1 Å². The van der Waals surface area contributed by atoms with E-state index < -0.39 is 0 Å². The molecule has 2 aromatic rings. The number of carbonyl (C=O) groups is 2. The minimum atomic E-state index is -0.346. The number of thioether (sulfide) groups is 1. The SMILES string of the molecule is CCNC(=O)Nc1cccc(-c2ccc([C@@]3(CC(=O)NOC4CCCCO4)CCCCS3)s2)c1.